The van der Waals surface area contributed by atoms with Crippen molar-refractivity contribution in [3.05, 3.63) is 120 Å². The molecule has 0 aliphatic carbocycles. The Morgan fingerprint density at radius 1 is 0.561 bits per heavy atom. The maximum absolute atomic E-state index is 13.8. The van der Waals surface area contributed by atoms with Gasteiger partial charge in [0.2, 0.25) is 0 Å². The van der Waals surface area contributed by atoms with Gasteiger partial charge in [-0.1, -0.05) is 111 Å². The predicted octanol–water partition coefficient (Wildman–Crippen LogP) is 9.99. The number of phosphoric ester groups is 1. The van der Waals surface area contributed by atoms with Gasteiger partial charge in [0, 0.05) is 22.3 Å². The fraction of sp³-hybridized carbons (Fsp3) is 0.111. The highest BCUT2D eigenvalue weighted by atomic mass is 31.2. The molecule has 0 aromatic heterocycles. The summed E-state index contributed by atoms with van der Waals surface area (Å²) in [5.41, 5.74) is 7.25. The molecule has 0 radical (unpaired) electrons. The number of hydrogen-bond donors (Lipinski definition) is 1. The molecular weight excluding hydrogens is 527 g/mol. The van der Waals surface area contributed by atoms with Crippen LogP contribution in [0.5, 0.6) is 11.5 Å². The zero-order valence-corrected chi connectivity index (χ0v) is 23.8. The van der Waals surface area contributed by atoms with Crippen LogP contribution in [0.4, 0.5) is 0 Å². The second-order valence-electron chi connectivity index (χ2n) is 10.4. The van der Waals surface area contributed by atoms with E-state index in [1.165, 1.54) is 0 Å². The molecule has 0 spiro atoms. The van der Waals surface area contributed by atoms with Crippen molar-refractivity contribution >= 4 is 29.4 Å². The summed E-state index contributed by atoms with van der Waals surface area (Å²) in [6, 6.07) is 36.7. The Morgan fingerprint density at radius 2 is 0.951 bits per heavy atom. The Kier molecular flexibility index (Phi) is 6.19. The highest BCUT2D eigenvalue weighted by Crippen LogP contribution is 2.61. The van der Waals surface area contributed by atoms with Crippen LogP contribution < -0.4 is 9.05 Å². The molecule has 202 valence electrons. The quantitative estimate of drug-likeness (QED) is 0.220. The van der Waals surface area contributed by atoms with E-state index < -0.39 is 7.82 Å². The topological polar surface area (TPSA) is 55.8 Å². The van der Waals surface area contributed by atoms with Gasteiger partial charge in [0.1, 0.15) is 11.5 Å². The van der Waals surface area contributed by atoms with Crippen molar-refractivity contribution in [1.29, 1.82) is 0 Å². The molecule has 0 unspecified atom stereocenters. The molecule has 4 nitrogen and oxygen atoms in total. The number of benzene rings is 6. The van der Waals surface area contributed by atoms with E-state index in [1.807, 2.05) is 72.8 Å². The second kappa shape index (κ2) is 9.92. The van der Waals surface area contributed by atoms with Crippen LogP contribution in [0.15, 0.2) is 109 Å². The number of fused-ring (bicyclic) bond motifs is 7. The summed E-state index contributed by atoms with van der Waals surface area (Å²) < 4.78 is 26.0. The Bertz CT molecular complexity index is 1880. The lowest BCUT2D eigenvalue weighted by Crippen LogP contribution is -2.01. The molecular formula is C36H29O4P. The zero-order chi connectivity index (χ0) is 28.1. The van der Waals surface area contributed by atoms with Crippen molar-refractivity contribution < 1.29 is 18.5 Å². The van der Waals surface area contributed by atoms with Gasteiger partial charge in [-0.25, -0.2) is 4.57 Å². The van der Waals surface area contributed by atoms with Crippen LogP contribution in [0.3, 0.4) is 0 Å². The fourth-order valence-electron chi connectivity index (χ4n) is 6.18. The third-order valence-corrected chi connectivity index (χ3v) is 8.87. The number of aryl methyl sites for hydroxylation is 2. The van der Waals surface area contributed by atoms with Crippen molar-refractivity contribution in [2.75, 3.05) is 0 Å². The molecule has 5 heteroatoms. The molecule has 0 fully saturated rings. The molecule has 6 aromatic carbocycles. The van der Waals surface area contributed by atoms with Crippen molar-refractivity contribution in [3.8, 4) is 44.9 Å². The number of rotatable bonds is 4. The summed E-state index contributed by atoms with van der Waals surface area (Å²) in [4.78, 5) is 11.3. The lowest BCUT2D eigenvalue weighted by Gasteiger charge is -2.20. The van der Waals surface area contributed by atoms with E-state index in [0.29, 0.717) is 11.5 Å². The van der Waals surface area contributed by atoms with Crippen molar-refractivity contribution in [2.24, 2.45) is 0 Å². The Labute approximate surface area is 239 Å². The highest BCUT2D eigenvalue weighted by molar-refractivity contribution is 7.48. The van der Waals surface area contributed by atoms with Crippen LogP contribution >= 0.6 is 7.82 Å². The molecule has 1 aliphatic heterocycles. The fourth-order valence-corrected chi connectivity index (χ4v) is 7.05. The molecule has 0 saturated heterocycles. The smallest absolute Gasteiger partial charge is 0.394 e. The third-order valence-electron chi connectivity index (χ3n) is 8.04. The molecule has 1 heterocycles. The summed E-state index contributed by atoms with van der Waals surface area (Å²) in [6.07, 6.45) is 1.62. The molecule has 41 heavy (non-hydrogen) atoms. The predicted molar refractivity (Wildman–Crippen MR) is 168 cm³/mol. The first-order valence-corrected chi connectivity index (χ1v) is 15.5. The molecule has 0 bridgehead atoms. The highest BCUT2D eigenvalue weighted by Gasteiger charge is 2.38. The van der Waals surface area contributed by atoms with Crippen LogP contribution in [0, 0.1) is 0 Å². The van der Waals surface area contributed by atoms with E-state index in [1.54, 1.807) is 0 Å². The summed E-state index contributed by atoms with van der Waals surface area (Å²) in [6.45, 7) is 4.22. The van der Waals surface area contributed by atoms with Crippen molar-refractivity contribution in [3.63, 3.8) is 0 Å². The van der Waals surface area contributed by atoms with Crippen LogP contribution in [-0.4, -0.2) is 4.89 Å². The standard InChI is InChI=1S/C36H29O4P/c1-3-23-13-5-9-17-27(23)31-21-25-15-7-11-19-29(25)33-34-30-20-12-8-16-26(30)22-32(28-18-10-6-14-24(28)4-2)36(34)40-41(37,38)39-35(31)33/h5-22H,3-4H2,1-2H3,(H,37,38). The first-order chi connectivity index (χ1) is 20.0. The first-order valence-electron chi connectivity index (χ1n) is 14.0. The van der Waals surface area contributed by atoms with E-state index in [4.69, 9.17) is 9.05 Å². The van der Waals surface area contributed by atoms with Gasteiger partial charge in [0.05, 0.1) is 0 Å². The Balaban J connectivity index is 1.71. The molecule has 1 N–H and O–H groups in total. The normalized spacial score (nSPS) is 13.6. The minimum absolute atomic E-state index is 0.361. The second-order valence-corrected chi connectivity index (χ2v) is 11.7. The minimum atomic E-state index is -4.59. The molecule has 1 aliphatic rings. The molecule has 7 rings (SSSR count). The van der Waals surface area contributed by atoms with E-state index in [-0.39, 0.29) is 0 Å². The summed E-state index contributed by atoms with van der Waals surface area (Å²) in [5, 5.41) is 3.88. The first kappa shape index (κ1) is 25.6. The van der Waals surface area contributed by atoms with Gasteiger partial charge in [0.15, 0.2) is 0 Å². The minimum Gasteiger partial charge on any atom is -0.394 e. The molecule has 0 amide bonds. The monoisotopic (exact) mass is 556 g/mol. The van der Waals surface area contributed by atoms with Gasteiger partial charge in [-0.3, -0.25) is 4.89 Å². The van der Waals surface area contributed by atoms with Gasteiger partial charge in [-0.2, -0.15) is 0 Å². The largest absolute Gasteiger partial charge is 0.584 e. The van der Waals surface area contributed by atoms with Gasteiger partial charge < -0.3 is 9.05 Å². The molecule has 0 atom stereocenters. The molecule has 0 saturated carbocycles. The number of phosphoric acid groups is 1. The number of hydrogen-bond acceptors (Lipinski definition) is 3. The van der Waals surface area contributed by atoms with Crippen LogP contribution in [0.1, 0.15) is 25.0 Å². The van der Waals surface area contributed by atoms with Gasteiger partial charge in [-0.15, -0.1) is 0 Å². The van der Waals surface area contributed by atoms with Crippen LogP contribution in [0.25, 0.3) is 54.9 Å². The van der Waals surface area contributed by atoms with E-state index in [0.717, 1.165) is 78.9 Å². The van der Waals surface area contributed by atoms with Gasteiger partial charge in [-0.05, 0) is 68.8 Å². The van der Waals surface area contributed by atoms with Gasteiger partial charge in [0.25, 0.3) is 0 Å². The Hall–Kier alpha value is -4.37. The average molecular weight is 557 g/mol. The average Bonchev–Trinajstić information content (AvgIpc) is 3.13. The Morgan fingerprint density at radius 3 is 1.39 bits per heavy atom. The maximum atomic E-state index is 13.8. The lowest BCUT2D eigenvalue weighted by atomic mass is 9.85. The van der Waals surface area contributed by atoms with E-state index >= 15 is 0 Å². The summed E-state index contributed by atoms with van der Waals surface area (Å²) >= 11 is 0. The van der Waals surface area contributed by atoms with Crippen molar-refractivity contribution in [2.45, 2.75) is 26.7 Å². The zero-order valence-electron chi connectivity index (χ0n) is 22.9. The molecule has 6 aromatic rings. The van der Waals surface area contributed by atoms with E-state index in [2.05, 4.69) is 50.2 Å². The van der Waals surface area contributed by atoms with Gasteiger partial charge >= 0.3 is 7.82 Å². The van der Waals surface area contributed by atoms with Crippen LogP contribution in [-0.2, 0) is 17.4 Å². The summed E-state index contributed by atoms with van der Waals surface area (Å²) in [5.74, 6) is 0.723. The van der Waals surface area contributed by atoms with Crippen molar-refractivity contribution in [1.82, 2.24) is 0 Å². The van der Waals surface area contributed by atoms with Crippen LogP contribution in [0.2, 0.25) is 0 Å². The van der Waals surface area contributed by atoms with E-state index in [9.17, 15) is 9.46 Å². The maximum Gasteiger partial charge on any atom is 0.584 e. The SMILES string of the molecule is CCc1ccccc1-c1cc2ccccc2c2c1OP(=O)(O)Oc1c(-c3ccccc3CC)cc3ccccc3c1-2. The lowest BCUT2D eigenvalue weighted by molar-refractivity contribution is 0.295. The third kappa shape index (κ3) is 4.23. The summed E-state index contributed by atoms with van der Waals surface area (Å²) in [7, 11) is -4.59.